The zero-order valence-electron chi connectivity index (χ0n) is 13.2. The molecular weight excluding hydrogens is 338 g/mol. The molecule has 0 atom stereocenters. The molecule has 0 N–H and O–H groups in total. The Morgan fingerprint density at radius 1 is 1.42 bits per heavy atom. The SMILES string of the molecule is C=CCn1c(SCC#N)nc2sc(-c3ccccc3)c(C)c2c1=O. The molecule has 0 saturated carbocycles. The van der Waals surface area contributed by atoms with Crippen molar-refractivity contribution in [2.45, 2.75) is 18.6 Å². The van der Waals surface area contributed by atoms with Gasteiger partial charge in [0.25, 0.3) is 5.56 Å². The van der Waals surface area contributed by atoms with Crippen LogP contribution in [0.15, 0.2) is 52.9 Å². The lowest BCUT2D eigenvalue weighted by Gasteiger charge is -2.08. The van der Waals surface area contributed by atoms with Crippen molar-refractivity contribution >= 4 is 33.3 Å². The maximum atomic E-state index is 13.0. The van der Waals surface area contributed by atoms with Gasteiger partial charge in [0, 0.05) is 11.4 Å². The summed E-state index contributed by atoms with van der Waals surface area (Å²) in [6.07, 6.45) is 1.67. The highest BCUT2D eigenvalue weighted by Gasteiger charge is 2.18. The Balaban J connectivity index is 2.27. The van der Waals surface area contributed by atoms with Crippen LogP contribution in [0.1, 0.15) is 5.56 Å². The number of aryl methyl sites for hydroxylation is 1. The Morgan fingerprint density at radius 3 is 2.83 bits per heavy atom. The van der Waals surface area contributed by atoms with Gasteiger partial charge in [0.15, 0.2) is 5.16 Å². The Labute approximate surface area is 148 Å². The molecule has 0 radical (unpaired) electrons. The molecule has 6 heteroatoms. The van der Waals surface area contributed by atoms with Crippen molar-refractivity contribution in [1.29, 1.82) is 5.26 Å². The van der Waals surface area contributed by atoms with E-state index in [2.05, 4.69) is 17.6 Å². The first kappa shape index (κ1) is 16.5. The first-order valence-corrected chi connectivity index (χ1v) is 9.17. The van der Waals surface area contributed by atoms with E-state index in [4.69, 9.17) is 5.26 Å². The van der Waals surface area contributed by atoms with Gasteiger partial charge in [-0.15, -0.1) is 17.9 Å². The zero-order valence-corrected chi connectivity index (χ0v) is 14.8. The summed E-state index contributed by atoms with van der Waals surface area (Å²) in [5, 5.41) is 10.0. The molecule has 2 aromatic heterocycles. The number of nitriles is 1. The van der Waals surface area contributed by atoms with Crippen LogP contribution in [0.4, 0.5) is 0 Å². The highest BCUT2D eigenvalue weighted by atomic mass is 32.2. The van der Waals surface area contributed by atoms with Crippen LogP contribution in [0.5, 0.6) is 0 Å². The third kappa shape index (κ3) is 2.88. The molecule has 4 nitrogen and oxygen atoms in total. The summed E-state index contributed by atoms with van der Waals surface area (Å²) in [6, 6.07) is 12.1. The van der Waals surface area contributed by atoms with Gasteiger partial charge in [0.2, 0.25) is 0 Å². The average molecular weight is 353 g/mol. The highest BCUT2D eigenvalue weighted by Crippen LogP contribution is 2.36. The van der Waals surface area contributed by atoms with Crippen LogP contribution in [0, 0.1) is 18.3 Å². The monoisotopic (exact) mass is 353 g/mol. The van der Waals surface area contributed by atoms with Crippen molar-refractivity contribution in [2.24, 2.45) is 0 Å². The van der Waals surface area contributed by atoms with Gasteiger partial charge in [0.05, 0.1) is 17.2 Å². The molecule has 0 fully saturated rings. The van der Waals surface area contributed by atoms with Crippen LogP contribution in [-0.4, -0.2) is 15.3 Å². The van der Waals surface area contributed by atoms with Gasteiger partial charge in [-0.05, 0) is 18.1 Å². The van der Waals surface area contributed by atoms with Gasteiger partial charge in [-0.3, -0.25) is 9.36 Å². The average Bonchev–Trinajstić information content (AvgIpc) is 2.93. The molecular formula is C18H15N3OS2. The maximum Gasteiger partial charge on any atom is 0.263 e. The normalized spacial score (nSPS) is 10.7. The number of thiophene rings is 1. The molecule has 1 aromatic carbocycles. The lowest BCUT2D eigenvalue weighted by atomic mass is 10.1. The molecule has 2 heterocycles. The second kappa shape index (κ2) is 7.04. The van der Waals surface area contributed by atoms with Crippen molar-refractivity contribution < 1.29 is 0 Å². The molecule has 0 aliphatic carbocycles. The Bertz CT molecular complexity index is 997. The van der Waals surface area contributed by atoms with Crippen molar-refractivity contribution in [1.82, 2.24) is 9.55 Å². The van der Waals surface area contributed by atoms with Gasteiger partial charge >= 0.3 is 0 Å². The van der Waals surface area contributed by atoms with E-state index in [1.807, 2.05) is 37.3 Å². The molecule has 0 spiro atoms. The summed E-state index contributed by atoms with van der Waals surface area (Å²) in [4.78, 5) is 19.4. The summed E-state index contributed by atoms with van der Waals surface area (Å²) in [6.45, 7) is 6.06. The second-order valence-electron chi connectivity index (χ2n) is 5.15. The fourth-order valence-electron chi connectivity index (χ4n) is 2.56. The number of hydrogen-bond donors (Lipinski definition) is 0. The number of nitrogens with zero attached hydrogens (tertiary/aromatic N) is 3. The van der Waals surface area contributed by atoms with Gasteiger partial charge in [0.1, 0.15) is 4.83 Å². The van der Waals surface area contributed by atoms with Crippen LogP contribution in [-0.2, 0) is 6.54 Å². The largest absolute Gasteiger partial charge is 0.283 e. The molecule has 24 heavy (non-hydrogen) atoms. The number of fused-ring (bicyclic) bond motifs is 1. The minimum Gasteiger partial charge on any atom is -0.283 e. The smallest absolute Gasteiger partial charge is 0.263 e. The van der Waals surface area contributed by atoms with E-state index in [1.165, 1.54) is 23.1 Å². The molecule has 3 rings (SSSR count). The minimum atomic E-state index is -0.0729. The number of thioether (sulfide) groups is 1. The van der Waals surface area contributed by atoms with Crippen LogP contribution in [0.25, 0.3) is 20.7 Å². The molecule has 0 saturated heterocycles. The van der Waals surface area contributed by atoms with Crippen LogP contribution < -0.4 is 5.56 Å². The molecule has 0 aliphatic heterocycles. The second-order valence-corrected chi connectivity index (χ2v) is 7.09. The number of benzene rings is 1. The predicted octanol–water partition coefficient (Wildman–Crippen LogP) is 4.24. The lowest BCUT2D eigenvalue weighted by molar-refractivity contribution is 0.673. The van der Waals surface area contributed by atoms with Crippen molar-refractivity contribution in [3.8, 4) is 16.5 Å². The third-order valence-corrected chi connectivity index (χ3v) is 5.71. The molecule has 0 bridgehead atoms. The molecule has 0 amide bonds. The lowest BCUT2D eigenvalue weighted by Crippen LogP contribution is -2.22. The molecule has 120 valence electrons. The number of hydrogen-bond acceptors (Lipinski definition) is 5. The van der Waals surface area contributed by atoms with E-state index in [1.54, 1.807) is 10.6 Å². The van der Waals surface area contributed by atoms with Crippen molar-refractivity contribution in [2.75, 3.05) is 5.75 Å². The fraction of sp³-hybridized carbons (Fsp3) is 0.167. The number of allylic oxidation sites excluding steroid dienone is 1. The summed E-state index contributed by atoms with van der Waals surface area (Å²) < 4.78 is 1.59. The summed E-state index contributed by atoms with van der Waals surface area (Å²) in [5.41, 5.74) is 1.96. The van der Waals surface area contributed by atoms with Crippen LogP contribution in [0.3, 0.4) is 0 Å². The van der Waals surface area contributed by atoms with Crippen molar-refractivity contribution in [3.05, 3.63) is 58.9 Å². The predicted molar refractivity (Wildman–Crippen MR) is 101 cm³/mol. The summed E-state index contributed by atoms with van der Waals surface area (Å²) in [7, 11) is 0. The van der Waals surface area contributed by atoms with E-state index in [0.29, 0.717) is 17.1 Å². The molecule has 0 aliphatic rings. The maximum absolute atomic E-state index is 13.0. The number of rotatable bonds is 5. The highest BCUT2D eigenvalue weighted by molar-refractivity contribution is 7.99. The van der Waals surface area contributed by atoms with E-state index in [0.717, 1.165) is 20.8 Å². The first-order valence-electron chi connectivity index (χ1n) is 7.37. The van der Waals surface area contributed by atoms with E-state index < -0.39 is 0 Å². The van der Waals surface area contributed by atoms with E-state index in [-0.39, 0.29) is 11.3 Å². The van der Waals surface area contributed by atoms with Crippen molar-refractivity contribution in [3.63, 3.8) is 0 Å². The Morgan fingerprint density at radius 2 is 2.17 bits per heavy atom. The zero-order chi connectivity index (χ0) is 17.1. The number of aromatic nitrogens is 2. The molecule has 3 aromatic rings. The van der Waals surface area contributed by atoms with Crippen LogP contribution in [0.2, 0.25) is 0 Å². The van der Waals surface area contributed by atoms with Gasteiger partial charge in [-0.2, -0.15) is 5.26 Å². The standard InChI is InChI=1S/C18H15N3OS2/c1-3-10-21-17(22)14-12(2)15(13-7-5-4-6-8-13)24-16(14)20-18(21)23-11-9-19/h3-8H,1,10-11H2,2H3. The van der Waals surface area contributed by atoms with Crippen LogP contribution >= 0.6 is 23.1 Å². The van der Waals surface area contributed by atoms with Gasteiger partial charge in [-0.1, -0.05) is 48.2 Å². The quantitative estimate of drug-likeness (QED) is 0.391. The van der Waals surface area contributed by atoms with E-state index >= 15 is 0 Å². The van der Waals surface area contributed by atoms with Gasteiger partial charge in [-0.25, -0.2) is 4.98 Å². The Hall–Kier alpha value is -2.36. The third-order valence-electron chi connectivity index (χ3n) is 3.63. The Kier molecular flexibility index (Phi) is 4.84. The topological polar surface area (TPSA) is 58.7 Å². The first-order chi connectivity index (χ1) is 11.7. The molecule has 0 unspecified atom stereocenters. The fourth-order valence-corrected chi connectivity index (χ4v) is 4.46. The summed E-state index contributed by atoms with van der Waals surface area (Å²) in [5.74, 6) is 0.255. The van der Waals surface area contributed by atoms with Gasteiger partial charge < -0.3 is 0 Å². The van der Waals surface area contributed by atoms with E-state index in [9.17, 15) is 4.79 Å². The minimum absolute atomic E-state index is 0.0729. The summed E-state index contributed by atoms with van der Waals surface area (Å²) >= 11 is 2.80.